The number of hydrogen-bond donors (Lipinski definition) is 0. The first-order chi connectivity index (χ1) is 18.5. The topological polar surface area (TPSA) is 24.9 Å². The average molecular weight is 553 g/mol. The molecule has 1 heterocycles. The molecule has 1 atom stereocenters. The van der Waals surface area contributed by atoms with E-state index in [0.29, 0.717) is 44.1 Å². The van der Waals surface area contributed by atoms with Gasteiger partial charge in [-0.1, -0.05) is 30.3 Å². The SMILES string of the molecule is COc1cc(OC)cc(N2CCN(C(CCc3cc(C(F)(F)F)cc(C(F)(F)F)c3)c3ccccc3)CC2)c1. The minimum Gasteiger partial charge on any atom is -0.497 e. The first-order valence-corrected chi connectivity index (χ1v) is 12.5. The predicted octanol–water partition coefficient (Wildman–Crippen LogP) is 7.24. The maximum absolute atomic E-state index is 13.4. The summed E-state index contributed by atoms with van der Waals surface area (Å²) < 4.78 is 91.0. The molecule has 4 nitrogen and oxygen atoms in total. The van der Waals surface area contributed by atoms with E-state index < -0.39 is 23.5 Å². The third-order valence-electron chi connectivity index (χ3n) is 6.99. The molecule has 1 unspecified atom stereocenters. The molecule has 210 valence electrons. The Hall–Kier alpha value is -3.40. The van der Waals surface area contributed by atoms with Gasteiger partial charge >= 0.3 is 12.4 Å². The monoisotopic (exact) mass is 552 g/mol. The summed E-state index contributed by atoms with van der Waals surface area (Å²) in [5.41, 5.74) is -0.639. The number of methoxy groups -OCH3 is 2. The third-order valence-corrected chi connectivity index (χ3v) is 6.99. The van der Waals surface area contributed by atoms with Crippen LogP contribution in [0.2, 0.25) is 0 Å². The van der Waals surface area contributed by atoms with Crippen LogP contribution in [0, 0.1) is 0 Å². The third kappa shape index (κ3) is 7.17. The van der Waals surface area contributed by atoms with Crippen molar-refractivity contribution in [1.29, 1.82) is 0 Å². The molecule has 0 aliphatic carbocycles. The molecule has 1 aliphatic rings. The molecule has 1 fully saturated rings. The van der Waals surface area contributed by atoms with Gasteiger partial charge in [0.15, 0.2) is 0 Å². The molecule has 0 amide bonds. The van der Waals surface area contributed by atoms with E-state index in [1.807, 2.05) is 42.5 Å². The van der Waals surface area contributed by atoms with Gasteiger partial charge in [-0.15, -0.1) is 0 Å². The lowest BCUT2D eigenvalue weighted by atomic mass is 9.95. The molecule has 1 aliphatic heterocycles. The Morgan fingerprint density at radius 2 is 1.26 bits per heavy atom. The van der Waals surface area contributed by atoms with Gasteiger partial charge in [0.05, 0.1) is 25.3 Å². The van der Waals surface area contributed by atoms with E-state index in [9.17, 15) is 26.3 Å². The number of hydrogen-bond acceptors (Lipinski definition) is 4. The highest BCUT2D eigenvalue weighted by atomic mass is 19.4. The quantitative estimate of drug-likeness (QED) is 0.275. The van der Waals surface area contributed by atoms with Crippen molar-refractivity contribution in [1.82, 2.24) is 4.90 Å². The van der Waals surface area contributed by atoms with Gasteiger partial charge < -0.3 is 14.4 Å². The molecular weight excluding hydrogens is 522 g/mol. The second kappa shape index (κ2) is 11.8. The van der Waals surface area contributed by atoms with Crippen LogP contribution >= 0.6 is 0 Å². The Labute approximate surface area is 223 Å². The Kier molecular flexibility index (Phi) is 8.64. The fraction of sp³-hybridized carbons (Fsp3) is 0.379. The predicted molar refractivity (Wildman–Crippen MR) is 137 cm³/mol. The summed E-state index contributed by atoms with van der Waals surface area (Å²) in [5.74, 6) is 1.35. The van der Waals surface area contributed by atoms with Crippen molar-refractivity contribution < 1.29 is 35.8 Å². The lowest BCUT2D eigenvalue weighted by molar-refractivity contribution is -0.143. The van der Waals surface area contributed by atoms with E-state index in [2.05, 4.69) is 9.80 Å². The minimum atomic E-state index is -4.87. The summed E-state index contributed by atoms with van der Waals surface area (Å²) in [7, 11) is 3.17. The van der Waals surface area contributed by atoms with Crippen LogP contribution in [0.15, 0.2) is 66.7 Å². The van der Waals surface area contributed by atoms with Gasteiger partial charge in [-0.3, -0.25) is 4.90 Å². The van der Waals surface area contributed by atoms with Crippen molar-refractivity contribution >= 4 is 5.69 Å². The second-order valence-electron chi connectivity index (χ2n) is 9.47. The van der Waals surface area contributed by atoms with Gasteiger partial charge in [-0.2, -0.15) is 26.3 Å². The van der Waals surface area contributed by atoms with Crippen molar-refractivity contribution in [2.75, 3.05) is 45.3 Å². The normalized spacial score (nSPS) is 15.7. The Morgan fingerprint density at radius 3 is 1.74 bits per heavy atom. The molecule has 1 saturated heterocycles. The molecule has 10 heteroatoms. The number of alkyl halides is 6. The van der Waals surface area contributed by atoms with Crippen LogP contribution in [0.25, 0.3) is 0 Å². The zero-order chi connectivity index (χ0) is 28.2. The standard InChI is InChI=1S/C29H30F6N2O2/c1-38-25-17-24(18-26(19-25)39-2)36-10-12-37(13-11-36)27(21-6-4-3-5-7-21)9-8-20-14-22(28(30,31)32)16-23(15-20)29(33,34)35/h3-7,14-19,27H,8-13H2,1-2H3. The van der Waals surface area contributed by atoms with Crippen molar-refractivity contribution in [3.63, 3.8) is 0 Å². The maximum Gasteiger partial charge on any atom is 0.416 e. The summed E-state index contributed by atoms with van der Waals surface area (Å²) in [6.07, 6.45) is -9.29. The summed E-state index contributed by atoms with van der Waals surface area (Å²) in [6, 6.07) is 16.8. The fourth-order valence-electron chi connectivity index (χ4n) is 4.97. The van der Waals surface area contributed by atoms with Gasteiger partial charge in [0.25, 0.3) is 0 Å². The largest absolute Gasteiger partial charge is 0.497 e. The summed E-state index contributed by atoms with van der Waals surface area (Å²) >= 11 is 0. The number of halogens is 6. The van der Waals surface area contributed by atoms with Gasteiger partial charge in [-0.05, 0) is 42.2 Å². The lowest BCUT2D eigenvalue weighted by Crippen LogP contribution is -2.47. The Bertz CT molecular complexity index is 1180. The molecule has 0 spiro atoms. The highest BCUT2D eigenvalue weighted by molar-refractivity contribution is 5.56. The van der Waals surface area contributed by atoms with Crippen LogP contribution in [0.5, 0.6) is 11.5 Å². The van der Waals surface area contributed by atoms with E-state index >= 15 is 0 Å². The summed E-state index contributed by atoms with van der Waals surface area (Å²) in [4.78, 5) is 4.44. The molecule has 3 aromatic rings. The van der Waals surface area contributed by atoms with E-state index in [4.69, 9.17) is 9.47 Å². The average Bonchev–Trinajstić information content (AvgIpc) is 2.92. The van der Waals surface area contributed by atoms with Crippen molar-refractivity contribution in [3.05, 3.63) is 89.0 Å². The molecule has 0 aromatic heterocycles. The van der Waals surface area contributed by atoms with E-state index in [-0.39, 0.29) is 24.1 Å². The van der Waals surface area contributed by atoms with Crippen LogP contribution in [0.1, 0.15) is 34.7 Å². The number of nitrogens with zero attached hydrogens (tertiary/aromatic N) is 2. The number of ether oxygens (including phenoxy) is 2. The highest BCUT2D eigenvalue weighted by Gasteiger charge is 2.37. The van der Waals surface area contributed by atoms with E-state index in [1.54, 1.807) is 20.3 Å². The van der Waals surface area contributed by atoms with Gasteiger partial charge in [-0.25, -0.2) is 0 Å². The zero-order valence-corrected chi connectivity index (χ0v) is 21.6. The number of rotatable bonds is 8. The molecule has 0 N–H and O–H groups in total. The lowest BCUT2D eigenvalue weighted by Gasteiger charge is -2.40. The van der Waals surface area contributed by atoms with Gasteiger partial charge in [0.2, 0.25) is 0 Å². The number of anilines is 1. The molecule has 39 heavy (non-hydrogen) atoms. The van der Waals surface area contributed by atoms with Gasteiger partial charge in [0.1, 0.15) is 11.5 Å². The molecule has 0 saturated carbocycles. The molecular formula is C29H30F6N2O2. The van der Waals surface area contributed by atoms with Crippen LogP contribution in [-0.2, 0) is 18.8 Å². The summed E-state index contributed by atoms with van der Waals surface area (Å²) in [5, 5.41) is 0. The Morgan fingerprint density at radius 1 is 0.718 bits per heavy atom. The van der Waals surface area contributed by atoms with Crippen molar-refractivity contribution in [2.45, 2.75) is 31.2 Å². The van der Waals surface area contributed by atoms with Crippen molar-refractivity contribution in [2.24, 2.45) is 0 Å². The van der Waals surface area contributed by atoms with Crippen LogP contribution in [0.4, 0.5) is 32.0 Å². The smallest absolute Gasteiger partial charge is 0.416 e. The molecule has 0 radical (unpaired) electrons. The number of benzene rings is 3. The molecule has 4 rings (SSSR count). The molecule has 0 bridgehead atoms. The second-order valence-corrected chi connectivity index (χ2v) is 9.47. The summed E-state index contributed by atoms with van der Waals surface area (Å²) in [6.45, 7) is 2.69. The van der Waals surface area contributed by atoms with Gasteiger partial charge in [0, 0.05) is 56.1 Å². The first-order valence-electron chi connectivity index (χ1n) is 12.5. The Balaban J connectivity index is 1.54. The van der Waals surface area contributed by atoms with Crippen LogP contribution in [-0.4, -0.2) is 45.3 Å². The van der Waals surface area contributed by atoms with Crippen LogP contribution < -0.4 is 14.4 Å². The fourth-order valence-corrected chi connectivity index (χ4v) is 4.97. The number of piperazine rings is 1. The molecule has 3 aromatic carbocycles. The minimum absolute atomic E-state index is 0.0141. The zero-order valence-electron chi connectivity index (χ0n) is 21.6. The van der Waals surface area contributed by atoms with E-state index in [0.717, 1.165) is 23.4 Å². The first kappa shape index (κ1) is 28.6. The van der Waals surface area contributed by atoms with E-state index in [1.165, 1.54) is 0 Å². The van der Waals surface area contributed by atoms with Crippen molar-refractivity contribution in [3.8, 4) is 11.5 Å². The van der Waals surface area contributed by atoms with Crippen LogP contribution in [0.3, 0.4) is 0 Å². The number of aryl methyl sites for hydroxylation is 1. The maximum atomic E-state index is 13.4. The highest BCUT2D eigenvalue weighted by Crippen LogP contribution is 2.37.